The zero-order chi connectivity index (χ0) is 18.9. The fraction of sp³-hybridized carbons (Fsp3) is 0.526. The highest BCUT2D eigenvalue weighted by Gasteiger charge is 2.24. The van der Waals surface area contributed by atoms with Crippen molar-refractivity contribution in [3.05, 3.63) is 45.3 Å². The summed E-state index contributed by atoms with van der Waals surface area (Å²) in [6.07, 6.45) is 4.29. The molecule has 26 heavy (non-hydrogen) atoms. The Kier molecular flexibility index (Phi) is 5.50. The molecule has 3 rings (SSSR count). The maximum Gasteiger partial charge on any atom is 0.336 e. The molecule has 0 aliphatic carbocycles. The number of hydrogen-bond acceptors (Lipinski definition) is 5. The first-order chi connectivity index (χ1) is 12.2. The zero-order valence-corrected chi connectivity index (χ0v) is 16.4. The number of rotatable bonds is 5. The molecule has 7 heteroatoms. The monoisotopic (exact) mass is 378 g/mol. The van der Waals surface area contributed by atoms with Crippen LogP contribution >= 0.6 is 0 Å². The first-order valence-corrected chi connectivity index (χ1v) is 10.8. The van der Waals surface area contributed by atoms with Crippen LogP contribution in [0.1, 0.15) is 36.0 Å². The second kappa shape index (κ2) is 7.50. The van der Waals surface area contributed by atoms with Gasteiger partial charge in [0.05, 0.1) is 6.26 Å². The molecule has 1 aliphatic rings. The number of nitrogens with zero attached hydrogens (tertiary/aromatic N) is 1. The van der Waals surface area contributed by atoms with Gasteiger partial charge in [-0.05, 0) is 62.1 Å². The van der Waals surface area contributed by atoms with Gasteiger partial charge in [-0.1, -0.05) is 6.42 Å². The van der Waals surface area contributed by atoms with Crippen LogP contribution in [0, 0.1) is 13.8 Å². The Hall–Kier alpha value is -1.70. The molecule has 0 amide bonds. The molecule has 0 spiro atoms. The van der Waals surface area contributed by atoms with Crippen LogP contribution in [0.5, 0.6) is 0 Å². The van der Waals surface area contributed by atoms with Crippen LogP contribution in [-0.4, -0.2) is 38.7 Å². The smallest absolute Gasteiger partial charge is 0.336 e. The van der Waals surface area contributed by atoms with E-state index in [0.29, 0.717) is 18.7 Å². The summed E-state index contributed by atoms with van der Waals surface area (Å²) in [5.41, 5.74) is 3.44. The van der Waals surface area contributed by atoms with Crippen LogP contribution in [0.2, 0.25) is 0 Å². The molecule has 0 radical (unpaired) electrons. The fourth-order valence-electron chi connectivity index (χ4n) is 3.58. The minimum absolute atomic E-state index is 0.132. The van der Waals surface area contributed by atoms with Crippen molar-refractivity contribution in [3.8, 4) is 0 Å². The Morgan fingerprint density at radius 1 is 1.19 bits per heavy atom. The lowest BCUT2D eigenvalue weighted by Crippen LogP contribution is -2.46. The van der Waals surface area contributed by atoms with E-state index in [2.05, 4.69) is 15.7 Å². The van der Waals surface area contributed by atoms with Gasteiger partial charge < -0.3 is 4.42 Å². The SMILES string of the molecule is Cc1cc2oc(=O)cc(CN3CCCCC3CNS(C)(=O)=O)c2cc1C. The third-order valence-corrected chi connectivity index (χ3v) is 5.84. The Balaban J connectivity index is 1.90. The van der Waals surface area contributed by atoms with Gasteiger partial charge in [0.25, 0.3) is 0 Å². The summed E-state index contributed by atoms with van der Waals surface area (Å²) in [5.74, 6) is 0. The third kappa shape index (κ3) is 4.52. The molecule has 1 atom stereocenters. The van der Waals surface area contributed by atoms with E-state index in [1.54, 1.807) is 6.07 Å². The predicted molar refractivity (Wildman–Crippen MR) is 103 cm³/mol. The van der Waals surface area contributed by atoms with Crippen molar-refractivity contribution < 1.29 is 12.8 Å². The molecule has 2 heterocycles. The fourth-order valence-corrected chi connectivity index (χ4v) is 4.07. The highest BCUT2D eigenvalue weighted by molar-refractivity contribution is 7.88. The van der Waals surface area contributed by atoms with Crippen molar-refractivity contribution in [2.75, 3.05) is 19.3 Å². The lowest BCUT2D eigenvalue weighted by molar-refractivity contribution is 0.142. The van der Waals surface area contributed by atoms with Crippen LogP contribution in [0.25, 0.3) is 11.0 Å². The summed E-state index contributed by atoms with van der Waals surface area (Å²) in [4.78, 5) is 14.3. The van der Waals surface area contributed by atoms with Crippen molar-refractivity contribution in [1.29, 1.82) is 0 Å². The number of benzene rings is 1. The van der Waals surface area contributed by atoms with Gasteiger partial charge in [0.1, 0.15) is 5.58 Å². The first-order valence-electron chi connectivity index (χ1n) is 8.95. The van der Waals surface area contributed by atoms with Crippen LogP contribution in [0.4, 0.5) is 0 Å². The summed E-state index contributed by atoms with van der Waals surface area (Å²) in [6, 6.07) is 5.67. The molecule has 1 aromatic carbocycles. The molecule has 0 saturated carbocycles. The van der Waals surface area contributed by atoms with E-state index < -0.39 is 10.0 Å². The molecular formula is C19H26N2O4S. The van der Waals surface area contributed by atoms with Gasteiger partial charge in [-0.25, -0.2) is 17.9 Å². The van der Waals surface area contributed by atoms with Crippen molar-refractivity contribution in [2.45, 2.75) is 45.7 Å². The van der Waals surface area contributed by atoms with E-state index in [1.165, 1.54) is 6.26 Å². The number of fused-ring (bicyclic) bond motifs is 1. The van der Waals surface area contributed by atoms with Gasteiger partial charge >= 0.3 is 5.63 Å². The quantitative estimate of drug-likeness (QED) is 0.808. The van der Waals surface area contributed by atoms with Crippen molar-refractivity contribution in [3.63, 3.8) is 0 Å². The van der Waals surface area contributed by atoms with Crippen molar-refractivity contribution in [2.24, 2.45) is 0 Å². The second-order valence-electron chi connectivity index (χ2n) is 7.26. The van der Waals surface area contributed by atoms with Crippen LogP contribution in [0.15, 0.2) is 27.4 Å². The van der Waals surface area contributed by atoms with E-state index in [1.807, 2.05) is 19.9 Å². The molecular weight excluding hydrogens is 352 g/mol. The lowest BCUT2D eigenvalue weighted by atomic mass is 9.99. The number of hydrogen-bond donors (Lipinski definition) is 1. The lowest BCUT2D eigenvalue weighted by Gasteiger charge is -2.35. The summed E-state index contributed by atoms with van der Waals surface area (Å²) >= 11 is 0. The molecule has 142 valence electrons. The summed E-state index contributed by atoms with van der Waals surface area (Å²) < 4.78 is 30.9. The normalized spacial score (nSPS) is 19.1. The number of likely N-dealkylation sites (tertiary alicyclic amines) is 1. The van der Waals surface area contributed by atoms with Gasteiger partial charge in [-0.3, -0.25) is 4.90 Å². The van der Waals surface area contributed by atoms with E-state index in [-0.39, 0.29) is 11.7 Å². The Bertz CT molecular complexity index is 965. The molecule has 1 saturated heterocycles. The highest BCUT2D eigenvalue weighted by atomic mass is 32.2. The molecule has 1 aliphatic heterocycles. The Morgan fingerprint density at radius 2 is 1.92 bits per heavy atom. The van der Waals surface area contributed by atoms with Crippen molar-refractivity contribution >= 4 is 21.0 Å². The van der Waals surface area contributed by atoms with Gasteiger partial charge in [-0.15, -0.1) is 0 Å². The van der Waals surface area contributed by atoms with Crippen LogP contribution < -0.4 is 10.3 Å². The summed E-state index contributed by atoms with van der Waals surface area (Å²) in [5, 5.41) is 0.952. The van der Waals surface area contributed by atoms with Crippen LogP contribution in [0.3, 0.4) is 0 Å². The molecule has 2 aromatic rings. The molecule has 6 nitrogen and oxygen atoms in total. The minimum atomic E-state index is -3.21. The highest BCUT2D eigenvalue weighted by Crippen LogP contribution is 2.25. The third-order valence-electron chi connectivity index (χ3n) is 5.15. The average Bonchev–Trinajstić information content (AvgIpc) is 2.55. The first kappa shape index (κ1) is 19.1. The van der Waals surface area contributed by atoms with E-state index in [4.69, 9.17) is 4.42 Å². The Labute approximate surface area is 154 Å². The van der Waals surface area contributed by atoms with Gasteiger partial charge in [0.15, 0.2) is 0 Å². The number of sulfonamides is 1. The summed E-state index contributed by atoms with van der Waals surface area (Å²) in [7, 11) is -3.21. The average molecular weight is 378 g/mol. The summed E-state index contributed by atoms with van der Waals surface area (Å²) in [6.45, 7) is 5.95. The molecule has 1 unspecified atom stereocenters. The number of aryl methyl sites for hydroxylation is 2. The maximum absolute atomic E-state index is 12.0. The van der Waals surface area contributed by atoms with E-state index in [0.717, 1.165) is 47.9 Å². The maximum atomic E-state index is 12.0. The zero-order valence-electron chi connectivity index (χ0n) is 15.5. The second-order valence-corrected chi connectivity index (χ2v) is 9.10. The van der Waals surface area contributed by atoms with E-state index >= 15 is 0 Å². The van der Waals surface area contributed by atoms with E-state index in [9.17, 15) is 13.2 Å². The topological polar surface area (TPSA) is 79.6 Å². The molecule has 1 aromatic heterocycles. The number of piperidine rings is 1. The van der Waals surface area contributed by atoms with Gasteiger partial charge in [-0.2, -0.15) is 0 Å². The number of nitrogens with one attached hydrogen (secondary N) is 1. The van der Waals surface area contributed by atoms with Crippen LogP contribution in [-0.2, 0) is 16.6 Å². The predicted octanol–water partition coefficient (Wildman–Crippen LogP) is 2.31. The minimum Gasteiger partial charge on any atom is -0.423 e. The van der Waals surface area contributed by atoms with Gasteiger partial charge in [0, 0.05) is 30.6 Å². The standard InChI is InChI=1S/C19H26N2O4S/c1-13-8-17-15(10-19(22)25-18(17)9-14(13)2)12-21-7-5-4-6-16(21)11-20-26(3,23)24/h8-10,16,20H,4-7,11-12H2,1-3H3. The largest absolute Gasteiger partial charge is 0.423 e. The molecule has 1 N–H and O–H groups in total. The molecule has 1 fully saturated rings. The van der Waals surface area contributed by atoms with Gasteiger partial charge in [0.2, 0.25) is 10.0 Å². The van der Waals surface area contributed by atoms with Crippen molar-refractivity contribution in [1.82, 2.24) is 9.62 Å². The Morgan fingerprint density at radius 3 is 2.65 bits per heavy atom. The molecule has 0 bridgehead atoms.